The number of carbonyl (C=O) groups is 3. The number of rotatable bonds is 7. The Kier molecular flexibility index (Phi) is 6.27. The zero-order valence-electron chi connectivity index (χ0n) is 16.8. The first-order valence-corrected chi connectivity index (χ1v) is 9.87. The fraction of sp³-hybridized carbons (Fsp3) is 0.750. The highest BCUT2D eigenvalue weighted by Gasteiger charge is 2.50. The summed E-state index contributed by atoms with van der Waals surface area (Å²) in [4.78, 5) is 34.8. The lowest BCUT2D eigenvalue weighted by Crippen LogP contribution is -2.64. The largest absolute Gasteiger partial charge is 0.456 e. The summed E-state index contributed by atoms with van der Waals surface area (Å²) in [6.07, 6.45) is 3.63. The standard InChI is InChI=1S/C20H29NO7/c1-10-18(26-11(2)22)19(27-12(3)23)17(20(25-10)28-13(4)24)21-16-8-15(9-16)7-14-5-6-14/h8,10,14-15,17-21H,5-7,9H2,1-4H3/t10-,15?,17-,18+,19?,20-/m1/s1. The Morgan fingerprint density at radius 2 is 1.61 bits per heavy atom. The Labute approximate surface area is 164 Å². The SMILES string of the molecule is CC(=O)OC1[C@@H](NC2=CC(CC3CC3)C2)[C@@H](OC(C)=O)O[C@H](C)[C@@H]1OC(C)=O. The molecule has 2 unspecified atom stereocenters. The van der Waals surface area contributed by atoms with Gasteiger partial charge < -0.3 is 24.3 Å². The molecule has 0 amide bonds. The Balaban J connectivity index is 1.78. The van der Waals surface area contributed by atoms with Gasteiger partial charge in [0.15, 0.2) is 12.2 Å². The van der Waals surface area contributed by atoms with Gasteiger partial charge in [-0.05, 0) is 31.6 Å². The average molecular weight is 395 g/mol. The Morgan fingerprint density at radius 1 is 1.04 bits per heavy atom. The molecule has 0 spiro atoms. The second-order valence-corrected chi connectivity index (χ2v) is 7.97. The van der Waals surface area contributed by atoms with Crippen molar-refractivity contribution in [1.82, 2.24) is 5.32 Å². The van der Waals surface area contributed by atoms with Crippen molar-refractivity contribution in [1.29, 1.82) is 0 Å². The monoisotopic (exact) mass is 395 g/mol. The molecule has 1 saturated carbocycles. The number of carbonyl (C=O) groups excluding carboxylic acids is 3. The van der Waals surface area contributed by atoms with Crippen LogP contribution in [0.3, 0.4) is 0 Å². The van der Waals surface area contributed by atoms with Gasteiger partial charge in [0.05, 0.1) is 6.10 Å². The number of allylic oxidation sites excluding steroid dienone is 2. The molecular formula is C20H29NO7. The second-order valence-electron chi connectivity index (χ2n) is 7.97. The lowest BCUT2D eigenvalue weighted by Gasteiger charge is -2.45. The maximum absolute atomic E-state index is 11.7. The van der Waals surface area contributed by atoms with Gasteiger partial charge in [-0.1, -0.05) is 18.9 Å². The summed E-state index contributed by atoms with van der Waals surface area (Å²) in [5.41, 5.74) is 0.990. The summed E-state index contributed by atoms with van der Waals surface area (Å²) >= 11 is 0. The molecule has 0 bridgehead atoms. The van der Waals surface area contributed by atoms with Gasteiger partial charge in [-0.2, -0.15) is 0 Å². The number of hydrogen-bond acceptors (Lipinski definition) is 8. The summed E-state index contributed by atoms with van der Waals surface area (Å²) in [5.74, 6) is -0.140. The Hall–Kier alpha value is -2.09. The molecule has 8 nitrogen and oxygen atoms in total. The molecule has 1 heterocycles. The molecule has 8 heteroatoms. The van der Waals surface area contributed by atoms with Crippen LogP contribution in [-0.4, -0.2) is 48.6 Å². The van der Waals surface area contributed by atoms with Crippen LogP contribution in [-0.2, 0) is 33.3 Å². The van der Waals surface area contributed by atoms with Crippen molar-refractivity contribution >= 4 is 17.9 Å². The molecule has 1 N–H and O–H groups in total. The van der Waals surface area contributed by atoms with E-state index in [1.807, 2.05) is 0 Å². The van der Waals surface area contributed by atoms with Crippen molar-refractivity contribution in [3.8, 4) is 0 Å². The molecule has 0 aromatic rings. The summed E-state index contributed by atoms with van der Waals surface area (Å²) in [5, 5.41) is 3.30. The van der Waals surface area contributed by atoms with Gasteiger partial charge >= 0.3 is 17.9 Å². The van der Waals surface area contributed by atoms with E-state index in [1.165, 1.54) is 40.0 Å². The molecule has 1 saturated heterocycles. The van der Waals surface area contributed by atoms with Crippen molar-refractivity contribution in [3.63, 3.8) is 0 Å². The van der Waals surface area contributed by atoms with E-state index in [2.05, 4.69) is 11.4 Å². The minimum Gasteiger partial charge on any atom is -0.456 e. The van der Waals surface area contributed by atoms with Crippen LogP contribution in [0.4, 0.5) is 0 Å². The molecule has 0 radical (unpaired) electrons. The topological polar surface area (TPSA) is 100 Å². The minimum atomic E-state index is -0.966. The van der Waals surface area contributed by atoms with Gasteiger partial charge in [-0.25, -0.2) is 0 Å². The molecule has 2 aliphatic carbocycles. The predicted octanol–water partition coefficient (Wildman–Crippen LogP) is 1.82. The molecule has 0 aromatic heterocycles. The average Bonchev–Trinajstić information content (AvgIpc) is 3.34. The molecule has 3 aliphatic rings. The second kappa shape index (κ2) is 8.51. The third-order valence-electron chi connectivity index (χ3n) is 5.27. The van der Waals surface area contributed by atoms with Crippen LogP contribution in [0.5, 0.6) is 0 Å². The summed E-state index contributed by atoms with van der Waals surface area (Å²) in [7, 11) is 0. The van der Waals surface area contributed by atoms with Crippen molar-refractivity contribution in [3.05, 3.63) is 11.8 Å². The quantitative estimate of drug-likeness (QED) is 0.515. The van der Waals surface area contributed by atoms with Gasteiger partial charge in [0.1, 0.15) is 6.04 Å². The van der Waals surface area contributed by atoms with Crippen LogP contribution in [0.25, 0.3) is 0 Å². The van der Waals surface area contributed by atoms with E-state index in [1.54, 1.807) is 6.92 Å². The van der Waals surface area contributed by atoms with Crippen LogP contribution in [0.15, 0.2) is 11.8 Å². The van der Waals surface area contributed by atoms with Crippen LogP contribution in [0, 0.1) is 11.8 Å². The Bertz CT molecular complexity index is 657. The fourth-order valence-electron chi connectivity index (χ4n) is 3.89. The third-order valence-corrected chi connectivity index (χ3v) is 5.27. The number of ether oxygens (including phenoxy) is 4. The molecule has 28 heavy (non-hydrogen) atoms. The van der Waals surface area contributed by atoms with Crippen LogP contribution >= 0.6 is 0 Å². The van der Waals surface area contributed by atoms with Crippen molar-refractivity contribution in [2.24, 2.45) is 11.8 Å². The van der Waals surface area contributed by atoms with E-state index in [9.17, 15) is 14.4 Å². The molecule has 156 valence electrons. The van der Waals surface area contributed by atoms with Crippen molar-refractivity contribution in [2.75, 3.05) is 0 Å². The minimum absolute atomic E-state index is 0.505. The molecule has 0 aromatic carbocycles. The summed E-state index contributed by atoms with van der Waals surface area (Å²) in [6, 6.07) is -0.679. The zero-order chi connectivity index (χ0) is 20.4. The number of nitrogens with one attached hydrogen (secondary N) is 1. The number of hydrogen-bond donors (Lipinski definition) is 1. The van der Waals surface area contributed by atoms with Gasteiger partial charge in [0.2, 0.25) is 6.29 Å². The van der Waals surface area contributed by atoms with Crippen molar-refractivity contribution in [2.45, 2.75) is 84.0 Å². The molecular weight excluding hydrogens is 366 g/mol. The highest BCUT2D eigenvalue weighted by molar-refractivity contribution is 5.68. The van der Waals surface area contributed by atoms with Gasteiger partial charge in [-0.3, -0.25) is 14.4 Å². The fourth-order valence-corrected chi connectivity index (χ4v) is 3.89. The third kappa shape index (κ3) is 5.25. The van der Waals surface area contributed by atoms with Gasteiger partial charge in [-0.15, -0.1) is 0 Å². The number of esters is 3. The predicted molar refractivity (Wildman–Crippen MR) is 97.7 cm³/mol. The maximum atomic E-state index is 11.7. The van der Waals surface area contributed by atoms with Crippen LogP contribution < -0.4 is 5.32 Å². The van der Waals surface area contributed by atoms with E-state index in [0.29, 0.717) is 5.92 Å². The van der Waals surface area contributed by atoms with Gasteiger partial charge in [0, 0.05) is 26.5 Å². The molecule has 6 atom stereocenters. The first-order chi connectivity index (χ1) is 13.2. The summed E-state index contributed by atoms with van der Waals surface area (Å²) in [6.45, 7) is 5.55. The molecule has 2 fully saturated rings. The van der Waals surface area contributed by atoms with Crippen LogP contribution in [0.1, 0.15) is 53.4 Å². The molecule has 1 aliphatic heterocycles. The first kappa shape index (κ1) is 20.6. The van der Waals surface area contributed by atoms with Crippen LogP contribution in [0.2, 0.25) is 0 Å². The molecule has 3 rings (SSSR count). The van der Waals surface area contributed by atoms with E-state index < -0.39 is 48.6 Å². The van der Waals surface area contributed by atoms with E-state index in [0.717, 1.165) is 18.0 Å². The first-order valence-electron chi connectivity index (χ1n) is 9.87. The lowest BCUT2D eigenvalue weighted by molar-refractivity contribution is -0.261. The van der Waals surface area contributed by atoms with Crippen molar-refractivity contribution < 1.29 is 33.3 Å². The zero-order valence-corrected chi connectivity index (χ0v) is 16.8. The van der Waals surface area contributed by atoms with E-state index >= 15 is 0 Å². The normalized spacial score (nSPS) is 34.5. The van der Waals surface area contributed by atoms with Gasteiger partial charge in [0.25, 0.3) is 0 Å². The lowest BCUT2D eigenvalue weighted by atomic mass is 9.85. The highest BCUT2D eigenvalue weighted by atomic mass is 16.7. The van der Waals surface area contributed by atoms with E-state index in [-0.39, 0.29) is 0 Å². The highest BCUT2D eigenvalue weighted by Crippen LogP contribution is 2.41. The Morgan fingerprint density at radius 3 is 2.14 bits per heavy atom. The summed E-state index contributed by atoms with van der Waals surface area (Å²) < 4.78 is 22.0. The maximum Gasteiger partial charge on any atom is 0.305 e. The smallest absolute Gasteiger partial charge is 0.305 e. The van der Waals surface area contributed by atoms with E-state index in [4.69, 9.17) is 18.9 Å².